The van der Waals surface area contributed by atoms with Crippen LogP contribution in [0.25, 0.3) is 0 Å². The normalized spacial score (nSPS) is 15.1. The minimum Gasteiger partial charge on any atom is -0.352 e. The van der Waals surface area contributed by atoms with Gasteiger partial charge in [-0.15, -0.1) is 0 Å². The van der Waals surface area contributed by atoms with Gasteiger partial charge in [0.05, 0.1) is 6.54 Å². The number of aryl methyl sites for hydroxylation is 1. The minimum absolute atomic E-state index is 0.0312. The maximum Gasteiger partial charge on any atom is 0.241 e. The van der Waals surface area contributed by atoms with Crippen LogP contribution in [0, 0.1) is 12.8 Å². The van der Waals surface area contributed by atoms with E-state index in [1.165, 1.54) is 0 Å². The second-order valence-electron chi connectivity index (χ2n) is 7.68. The van der Waals surface area contributed by atoms with Gasteiger partial charge in [0.1, 0.15) is 0 Å². The van der Waals surface area contributed by atoms with Crippen LogP contribution >= 0.6 is 0 Å². The van der Waals surface area contributed by atoms with Gasteiger partial charge in [0.2, 0.25) is 11.8 Å². The summed E-state index contributed by atoms with van der Waals surface area (Å²) in [7, 11) is 0. The van der Waals surface area contributed by atoms with E-state index in [2.05, 4.69) is 10.2 Å². The van der Waals surface area contributed by atoms with E-state index in [9.17, 15) is 9.59 Å². The van der Waals surface area contributed by atoms with Gasteiger partial charge in [-0.2, -0.15) is 0 Å². The molecule has 0 saturated carbocycles. The predicted octanol–water partition coefficient (Wildman–Crippen LogP) is 3.38. The maximum atomic E-state index is 12.9. The topological polar surface area (TPSA) is 52.7 Å². The Labute approximate surface area is 173 Å². The molecule has 0 bridgehead atoms. The number of benzene rings is 2. The van der Waals surface area contributed by atoms with Crippen LogP contribution in [0.3, 0.4) is 0 Å². The van der Waals surface area contributed by atoms with E-state index in [0.717, 1.165) is 42.7 Å². The number of hydrogen-bond donors (Lipinski definition) is 1. The molecule has 0 radical (unpaired) electrons. The molecule has 1 heterocycles. The highest BCUT2D eigenvalue weighted by Crippen LogP contribution is 2.21. The summed E-state index contributed by atoms with van der Waals surface area (Å²) >= 11 is 0. The van der Waals surface area contributed by atoms with Crippen molar-refractivity contribution in [1.82, 2.24) is 10.2 Å². The number of piperidine rings is 1. The molecule has 0 aromatic heterocycles. The lowest BCUT2D eigenvalue weighted by Crippen LogP contribution is -2.45. The molecule has 5 nitrogen and oxygen atoms in total. The van der Waals surface area contributed by atoms with E-state index >= 15 is 0 Å². The zero-order chi connectivity index (χ0) is 20.6. The number of para-hydroxylation sites is 1. The zero-order valence-electron chi connectivity index (χ0n) is 17.4. The summed E-state index contributed by atoms with van der Waals surface area (Å²) in [5, 5.41) is 3.05. The van der Waals surface area contributed by atoms with Crippen molar-refractivity contribution in [2.75, 3.05) is 31.1 Å². The number of likely N-dealkylation sites (tertiary alicyclic amines) is 1. The summed E-state index contributed by atoms with van der Waals surface area (Å²) in [6.45, 7) is 7.22. The van der Waals surface area contributed by atoms with Gasteiger partial charge in [-0.3, -0.25) is 14.5 Å². The average molecular weight is 394 g/mol. The molecular formula is C24H31N3O2. The molecule has 1 aliphatic rings. The monoisotopic (exact) mass is 393 g/mol. The fraction of sp³-hybridized carbons (Fsp3) is 0.417. The van der Waals surface area contributed by atoms with E-state index in [4.69, 9.17) is 0 Å². The summed E-state index contributed by atoms with van der Waals surface area (Å²) in [4.78, 5) is 29.4. The number of nitrogens with zero attached hydrogens (tertiary/aromatic N) is 2. The highest BCUT2D eigenvalue weighted by Gasteiger charge is 2.27. The van der Waals surface area contributed by atoms with Crippen LogP contribution in [-0.2, 0) is 16.1 Å². The van der Waals surface area contributed by atoms with E-state index in [1.807, 2.05) is 73.3 Å². The van der Waals surface area contributed by atoms with Crippen LogP contribution in [0.1, 0.15) is 30.9 Å². The smallest absolute Gasteiger partial charge is 0.241 e. The van der Waals surface area contributed by atoms with Gasteiger partial charge in [0.15, 0.2) is 0 Å². The Hall–Kier alpha value is -2.66. The van der Waals surface area contributed by atoms with E-state index in [1.54, 1.807) is 0 Å². The lowest BCUT2D eigenvalue weighted by atomic mass is 9.95. The SMILES string of the molecule is CCN(C(=O)CN1CCC(C(=O)NCc2ccccc2)CC1)c1ccccc1C. The fourth-order valence-corrected chi connectivity index (χ4v) is 3.91. The molecule has 3 rings (SSSR count). The summed E-state index contributed by atoms with van der Waals surface area (Å²) in [6, 6.07) is 18.0. The minimum atomic E-state index is 0.0312. The summed E-state index contributed by atoms with van der Waals surface area (Å²) in [6.07, 6.45) is 1.59. The molecule has 29 heavy (non-hydrogen) atoms. The van der Waals surface area contributed by atoms with Crippen molar-refractivity contribution in [3.05, 3.63) is 65.7 Å². The number of carbonyl (C=O) groups excluding carboxylic acids is 2. The Morgan fingerprint density at radius 1 is 1.03 bits per heavy atom. The van der Waals surface area contributed by atoms with Gasteiger partial charge in [0, 0.05) is 24.7 Å². The number of carbonyl (C=O) groups is 2. The molecule has 0 spiro atoms. The quantitative estimate of drug-likeness (QED) is 0.785. The van der Waals surface area contributed by atoms with Crippen LogP contribution in [0.2, 0.25) is 0 Å². The van der Waals surface area contributed by atoms with Crippen molar-refractivity contribution < 1.29 is 9.59 Å². The van der Waals surface area contributed by atoms with E-state index in [0.29, 0.717) is 19.6 Å². The highest BCUT2D eigenvalue weighted by molar-refractivity contribution is 5.95. The van der Waals surface area contributed by atoms with Gasteiger partial charge in [-0.25, -0.2) is 0 Å². The molecule has 154 valence electrons. The molecule has 1 saturated heterocycles. The fourth-order valence-electron chi connectivity index (χ4n) is 3.91. The zero-order valence-corrected chi connectivity index (χ0v) is 17.4. The second kappa shape index (κ2) is 10.2. The molecule has 0 unspecified atom stereocenters. The van der Waals surface area contributed by atoms with Gasteiger partial charge >= 0.3 is 0 Å². The molecule has 1 N–H and O–H groups in total. The molecule has 2 aromatic rings. The molecule has 0 aliphatic carbocycles. The Morgan fingerprint density at radius 3 is 2.34 bits per heavy atom. The molecule has 0 atom stereocenters. The lowest BCUT2D eigenvalue weighted by molar-refractivity contribution is -0.126. The summed E-state index contributed by atoms with van der Waals surface area (Å²) in [5.74, 6) is 0.271. The highest BCUT2D eigenvalue weighted by atomic mass is 16.2. The first-order valence-corrected chi connectivity index (χ1v) is 10.5. The third-order valence-electron chi connectivity index (χ3n) is 5.65. The lowest BCUT2D eigenvalue weighted by Gasteiger charge is -2.32. The van der Waals surface area contributed by atoms with Crippen molar-refractivity contribution in [3.63, 3.8) is 0 Å². The number of anilines is 1. The number of rotatable bonds is 7. The standard InChI is InChI=1S/C24H31N3O2/c1-3-27(22-12-8-7-9-19(22)2)23(28)18-26-15-13-21(14-16-26)24(29)25-17-20-10-5-4-6-11-20/h4-12,21H,3,13-18H2,1-2H3,(H,25,29). The van der Waals surface area contributed by atoms with Crippen molar-refractivity contribution >= 4 is 17.5 Å². The first-order chi connectivity index (χ1) is 14.1. The van der Waals surface area contributed by atoms with Gasteiger partial charge in [-0.05, 0) is 57.0 Å². The van der Waals surface area contributed by atoms with Gasteiger partial charge < -0.3 is 10.2 Å². The maximum absolute atomic E-state index is 12.9. The average Bonchev–Trinajstić information content (AvgIpc) is 2.75. The van der Waals surface area contributed by atoms with Crippen molar-refractivity contribution in [3.8, 4) is 0 Å². The largest absolute Gasteiger partial charge is 0.352 e. The number of likely N-dealkylation sites (N-methyl/N-ethyl adjacent to an activating group) is 1. The molecule has 1 fully saturated rings. The van der Waals surface area contributed by atoms with E-state index in [-0.39, 0.29) is 17.7 Å². The second-order valence-corrected chi connectivity index (χ2v) is 7.68. The number of amides is 2. The van der Waals surface area contributed by atoms with Crippen molar-refractivity contribution in [1.29, 1.82) is 0 Å². The Kier molecular flexibility index (Phi) is 7.42. The molecular weight excluding hydrogens is 362 g/mol. The van der Waals surface area contributed by atoms with Crippen LogP contribution in [0.4, 0.5) is 5.69 Å². The summed E-state index contributed by atoms with van der Waals surface area (Å²) in [5.41, 5.74) is 3.20. The van der Waals surface area contributed by atoms with Crippen LogP contribution in [0.15, 0.2) is 54.6 Å². The van der Waals surface area contributed by atoms with Gasteiger partial charge in [-0.1, -0.05) is 48.5 Å². The van der Waals surface area contributed by atoms with Gasteiger partial charge in [0.25, 0.3) is 0 Å². The molecule has 5 heteroatoms. The number of nitrogens with one attached hydrogen (secondary N) is 1. The molecule has 2 amide bonds. The first kappa shape index (κ1) is 21.1. The van der Waals surface area contributed by atoms with Crippen molar-refractivity contribution in [2.24, 2.45) is 5.92 Å². The van der Waals surface area contributed by atoms with Crippen LogP contribution in [-0.4, -0.2) is 42.9 Å². The molecule has 2 aromatic carbocycles. The van der Waals surface area contributed by atoms with E-state index < -0.39 is 0 Å². The first-order valence-electron chi connectivity index (χ1n) is 10.5. The Balaban J connectivity index is 1.47. The predicted molar refractivity (Wildman–Crippen MR) is 117 cm³/mol. The van der Waals surface area contributed by atoms with Crippen LogP contribution < -0.4 is 10.2 Å². The third kappa shape index (κ3) is 5.67. The third-order valence-corrected chi connectivity index (χ3v) is 5.65. The number of hydrogen-bond acceptors (Lipinski definition) is 3. The molecule has 1 aliphatic heterocycles. The van der Waals surface area contributed by atoms with Crippen molar-refractivity contribution in [2.45, 2.75) is 33.2 Å². The Morgan fingerprint density at radius 2 is 1.69 bits per heavy atom. The Bertz CT molecular complexity index is 814. The van der Waals surface area contributed by atoms with Crippen LogP contribution in [0.5, 0.6) is 0 Å². The summed E-state index contributed by atoms with van der Waals surface area (Å²) < 4.78 is 0.